The number of hydrogen-bond donors (Lipinski definition) is 0. The van der Waals surface area contributed by atoms with Crippen molar-refractivity contribution in [2.45, 2.75) is 31.7 Å². The Kier molecular flexibility index (Phi) is 4.67. The highest BCUT2D eigenvalue weighted by molar-refractivity contribution is 7.13. The van der Waals surface area contributed by atoms with E-state index in [2.05, 4.69) is 39.4 Å². The summed E-state index contributed by atoms with van der Waals surface area (Å²) in [5, 5.41) is 2.08. The lowest BCUT2D eigenvalue weighted by Crippen LogP contribution is -2.42. The third kappa shape index (κ3) is 3.26. The zero-order chi connectivity index (χ0) is 16.4. The van der Waals surface area contributed by atoms with Gasteiger partial charge in [0.15, 0.2) is 0 Å². The summed E-state index contributed by atoms with van der Waals surface area (Å²) in [6.07, 6.45) is 4.91. The summed E-state index contributed by atoms with van der Waals surface area (Å²) < 4.78 is 0. The Morgan fingerprint density at radius 2 is 1.83 bits per heavy atom. The van der Waals surface area contributed by atoms with Gasteiger partial charge in [0.1, 0.15) is 0 Å². The van der Waals surface area contributed by atoms with Gasteiger partial charge in [0, 0.05) is 29.6 Å². The molecule has 4 heteroatoms. The van der Waals surface area contributed by atoms with Crippen molar-refractivity contribution in [3.05, 3.63) is 47.3 Å². The molecule has 1 amide bonds. The van der Waals surface area contributed by atoms with Gasteiger partial charge in [-0.1, -0.05) is 18.2 Å². The maximum atomic E-state index is 12.9. The van der Waals surface area contributed by atoms with Crippen molar-refractivity contribution in [3.8, 4) is 10.4 Å². The minimum absolute atomic E-state index is 0.203. The second kappa shape index (κ2) is 7.08. The molecule has 1 aromatic heterocycles. The zero-order valence-electron chi connectivity index (χ0n) is 14.0. The Balaban J connectivity index is 1.45. The van der Waals surface area contributed by atoms with Crippen LogP contribution in [-0.2, 0) is 0 Å². The van der Waals surface area contributed by atoms with E-state index in [9.17, 15) is 4.79 Å². The molecule has 1 unspecified atom stereocenters. The first kappa shape index (κ1) is 15.9. The molecule has 0 N–H and O–H groups in total. The maximum Gasteiger partial charge on any atom is 0.254 e. The van der Waals surface area contributed by atoms with Gasteiger partial charge in [-0.3, -0.25) is 4.79 Å². The Bertz CT molecular complexity index is 674. The van der Waals surface area contributed by atoms with Gasteiger partial charge in [-0.05, 0) is 67.9 Å². The number of hydrogen-bond acceptors (Lipinski definition) is 3. The third-order valence-corrected chi connectivity index (χ3v) is 6.16. The van der Waals surface area contributed by atoms with Crippen molar-refractivity contribution in [3.63, 3.8) is 0 Å². The molecule has 0 saturated carbocycles. The molecule has 3 nitrogen and oxygen atoms in total. The first-order chi connectivity index (χ1) is 11.8. The van der Waals surface area contributed by atoms with Gasteiger partial charge in [0.2, 0.25) is 0 Å². The van der Waals surface area contributed by atoms with Crippen molar-refractivity contribution in [1.82, 2.24) is 9.80 Å². The van der Waals surface area contributed by atoms with Crippen LogP contribution < -0.4 is 0 Å². The SMILES string of the molecule is O=C(c1ccc(-c2cccs2)cc1)N1CCCC1CN1CCCC1. The largest absolute Gasteiger partial charge is 0.334 e. The third-order valence-electron chi connectivity index (χ3n) is 5.24. The number of likely N-dealkylation sites (tertiary alicyclic amines) is 2. The van der Waals surface area contributed by atoms with Crippen molar-refractivity contribution >= 4 is 17.2 Å². The summed E-state index contributed by atoms with van der Waals surface area (Å²) in [5.41, 5.74) is 2.01. The van der Waals surface area contributed by atoms with Crippen LogP contribution in [0, 0.1) is 0 Å². The lowest BCUT2D eigenvalue weighted by Gasteiger charge is -2.28. The highest BCUT2D eigenvalue weighted by atomic mass is 32.1. The van der Waals surface area contributed by atoms with Gasteiger partial charge in [0.25, 0.3) is 5.91 Å². The molecule has 0 radical (unpaired) electrons. The summed E-state index contributed by atoms with van der Waals surface area (Å²) in [6.45, 7) is 4.37. The number of benzene rings is 1. The number of thiophene rings is 1. The smallest absolute Gasteiger partial charge is 0.254 e. The Labute approximate surface area is 147 Å². The molecule has 2 aromatic rings. The Hall–Kier alpha value is -1.65. The molecule has 1 atom stereocenters. The minimum Gasteiger partial charge on any atom is -0.334 e. The molecule has 0 aliphatic carbocycles. The summed E-state index contributed by atoms with van der Waals surface area (Å²) in [5.74, 6) is 0.203. The van der Waals surface area contributed by atoms with Crippen LogP contribution in [-0.4, -0.2) is 47.9 Å². The number of carbonyl (C=O) groups excluding carboxylic acids is 1. The van der Waals surface area contributed by atoms with E-state index in [0.29, 0.717) is 6.04 Å². The van der Waals surface area contributed by atoms with Gasteiger partial charge in [-0.2, -0.15) is 0 Å². The molecule has 2 saturated heterocycles. The van der Waals surface area contributed by atoms with Gasteiger partial charge < -0.3 is 9.80 Å². The molecule has 24 heavy (non-hydrogen) atoms. The van der Waals surface area contributed by atoms with Crippen LogP contribution in [0.25, 0.3) is 10.4 Å². The van der Waals surface area contributed by atoms with E-state index in [4.69, 9.17) is 0 Å². The van der Waals surface area contributed by atoms with E-state index in [1.807, 2.05) is 12.1 Å². The van der Waals surface area contributed by atoms with Crippen LogP contribution in [0.5, 0.6) is 0 Å². The predicted octanol–water partition coefficient (Wildman–Crippen LogP) is 4.12. The molecule has 1 aromatic carbocycles. The van der Waals surface area contributed by atoms with E-state index in [1.54, 1.807) is 11.3 Å². The molecule has 126 valence electrons. The second-order valence-corrected chi connectivity index (χ2v) is 7.80. The fraction of sp³-hybridized carbons (Fsp3) is 0.450. The van der Waals surface area contributed by atoms with Gasteiger partial charge in [-0.15, -0.1) is 11.3 Å². The monoisotopic (exact) mass is 340 g/mol. The number of nitrogens with zero attached hydrogens (tertiary/aromatic N) is 2. The summed E-state index contributed by atoms with van der Waals surface area (Å²) in [6, 6.07) is 12.7. The van der Waals surface area contributed by atoms with E-state index in [1.165, 1.54) is 36.4 Å². The molecule has 2 aliphatic heterocycles. The van der Waals surface area contributed by atoms with Gasteiger partial charge in [0.05, 0.1) is 0 Å². The van der Waals surface area contributed by atoms with Crippen LogP contribution in [0.15, 0.2) is 41.8 Å². The van der Waals surface area contributed by atoms with Crippen LogP contribution in [0.3, 0.4) is 0 Å². The zero-order valence-corrected chi connectivity index (χ0v) is 14.8. The van der Waals surface area contributed by atoms with Crippen molar-refractivity contribution in [2.75, 3.05) is 26.2 Å². The number of amides is 1. The average Bonchev–Trinajstić information content (AvgIpc) is 3.37. The molecular weight excluding hydrogens is 316 g/mol. The lowest BCUT2D eigenvalue weighted by molar-refractivity contribution is 0.0709. The number of rotatable bonds is 4. The molecule has 0 bridgehead atoms. The minimum atomic E-state index is 0.203. The number of carbonyl (C=O) groups is 1. The molecule has 4 rings (SSSR count). The quantitative estimate of drug-likeness (QED) is 0.836. The maximum absolute atomic E-state index is 12.9. The molecule has 2 fully saturated rings. The Morgan fingerprint density at radius 1 is 1.04 bits per heavy atom. The van der Waals surface area contributed by atoms with Crippen LogP contribution in [0.2, 0.25) is 0 Å². The van der Waals surface area contributed by atoms with E-state index in [0.717, 1.165) is 31.5 Å². The molecular formula is C20H24N2OS. The molecule has 2 aliphatic rings. The van der Waals surface area contributed by atoms with Crippen LogP contribution in [0.1, 0.15) is 36.0 Å². The van der Waals surface area contributed by atoms with Crippen LogP contribution in [0.4, 0.5) is 0 Å². The van der Waals surface area contributed by atoms with E-state index >= 15 is 0 Å². The van der Waals surface area contributed by atoms with Crippen LogP contribution >= 0.6 is 11.3 Å². The van der Waals surface area contributed by atoms with Gasteiger partial charge in [-0.25, -0.2) is 0 Å². The topological polar surface area (TPSA) is 23.6 Å². The standard InChI is InChI=1S/C20H24N2OS/c23-20(17-9-7-16(8-10-17)19-6-4-14-24-19)22-13-3-5-18(22)15-21-11-1-2-12-21/h4,6-10,14,18H,1-3,5,11-13,15H2. The normalized spacial score (nSPS) is 21.5. The van der Waals surface area contributed by atoms with Crippen molar-refractivity contribution in [2.24, 2.45) is 0 Å². The molecule has 0 spiro atoms. The second-order valence-electron chi connectivity index (χ2n) is 6.86. The summed E-state index contributed by atoms with van der Waals surface area (Å²) in [4.78, 5) is 18.8. The Morgan fingerprint density at radius 3 is 2.54 bits per heavy atom. The first-order valence-corrected chi connectivity index (χ1v) is 9.86. The van der Waals surface area contributed by atoms with Crippen molar-refractivity contribution in [1.29, 1.82) is 0 Å². The highest BCUT2D eigenvalue weighted by Crippen LogP contribution is 2.26. The predicted molar refractivity (Wildman–Crippen MR) is 99.5 cm³/mol. The van der Waals surface area contributed by atoms with E-state index < -0.39 is 0 Å². The van der Waals surface area contributed by atoms with Crippen molar-refractivity contribution < 1.29 is 4.79 Å². The molecule has 3 heterocycles. The summed E-state index contributed by atoms with van der Waals surface area (Å²) >= 11 is 1.73. The fourth-order valence-corrected chi connectivity index (χ4v) is 4.67. The average molecular weight is 340 g/mol. The fourth-order valence-electron chi connectivity index (χ4n) is 3.94. The van der Waals surface area contributed by atoms with E-state index in [-0.39, 0.29) is 5.91 Å². The highest BCUT2D eigenvalue weighted by Gasteiger charge is 2.31. The lowest BCUT2D eigenvalue weighted by atomic mass is 10.1. The summed E-state index contributed by atoms with van der Waals surface area (Å²) in [7, 11) is 0. The van der Waals surface area contributed by atoms with Gasteiger partial charge >= 0.3 is 0 Å². The first-order valence-electron chi connectivity index (χ1n) is 8.98.